The molecule has 0 aromatic rings. The molecule has 4 nitrogen and oxygen atoms in total. The lowest BCUT2D eigenvalue weighted by Crippen LogP contribution is -2.31. The number of hydrogen-bond donors (Lipinski definition) is 1. The molecule has 4 heteroatoms. The van der Waals surface area contributed by atoms with Gasteiger partial charge in [-0.3, -0.25) is 0 Å². The van der Waals surface area contributed by atoms with E-state index in [1.165, 1.54) is 6.42 Å². The molecule has 0 rings (SSSR count). The maximum Gasteiger partial charge on any atom is 0.0587 e. The Morgan fingerprint density at radius 3 is 2.33 bits per heavy atom. The molecule has 0 aliphatic carbocycles. The maximum atomic E-state index is 4.96. The minimum absolute atomic E-state index is 0.802. The van der Waals surface area contributed by atoms with Gasteiger partial charge in [-0.15, -0.1) is 0 Å². The Morgan fingerprint density at radius 2 is 1.73 bits per heavy atom. The minimum atomic E-state index is 0.802. The zero-order valence-electron chi connectivity index (χ0n) is 10.8. The molecule has 0 aromatic carbocycles. The first kappa shape index (κ1) is 14.8. The van der Waals surface area contributed by atoms with E-state index in [1.807, 2.05) is 0 Å². The molecule has 0 atom stereocenters. The lowest BCUT2D eigenvalue weighted by atomic mass is 10.4. The van der Waals surface area contributed by atoms with Crippen molar-refractivity contribution in [3.63, 3.8) is 0 Å². The summed E-state index contributed by atoms with van der Waals surface area (Å²) in [6, 6.07) is 0. The van der Waals surface area contributed by atoms with E-state index >= 15 is 0 Å². The third-order valence-electron chi connectivity index (χ3n) is 2.31. The number of ether oxygens (including phenoxy) is 1. The Kier molecular flexibility index (Phi) is 10.3. The van der Waals surface area contributed by atoms with Crippen LogP contribution in [0.3, 0.4) is 0 Å². The van der Waals surface area contributed by atoms with Crippen molar-refractivity contribution in [3.05, 3.63) is 0 Å². The van der Waals surface area contributed by atoms with Gasteiger partial charge in [0.1, 0.15) is 0 Å². The van der Waals surface area contributed by atoms with Crippen molar-refractivity contribution in [2.24, 2.45) is 0 Å². The Labute approximate surface area is 94.6 Å². The highest BCUT2D eigenvalue weighted by Crippen LogP contribution is 1.87. The van der Waals surface area contributed by atoms with Gasteiger partial charge in [0.15, 0.2) is 0 Å². The van der Waals surface area contributed by atoms with E-state index in [2.05, 4.69) is 36.3 Å². The molecule has 0 fully saturated rings. The first-order valence-electron chi connectivity index (χ1n) is 5.69. The zero-order valence-corrected chi connectivity index (χ0v) is 10.8. The number of likely N-dealkylation sites (N-methyl/N-ethyl adjacent to an activating group) is 2. The van der Waals surface area contributed by atoms with Crippen LogP contribution in [0.1, 0.15) is 6.42 Å². The molecule has 0 saturated carbocycles. The largest absolute Gasteiger partial charge is 0.383 e. The Hall–Kier alpha value is -0.160. The van der Waals surface area contributed by atoms with Crippen molar-refractivity contribution in [2.45, 2.75) is 6.42 Å². The van der Waals surface area contributed by atoms with Crippen LogP contribution in [0, 0.1) is 0 Å². The molecule has 0 amide bonds. The van der Waals surface area contributed by atoms with E-state index in [1.54, 1.807) is 7.11 Å². The SMILES string of the molecule is COCCNCCCN(C)CCN(C)C. The van der Waals surface area contributed by atoms with Crippen LogP contribution in [-0.4, -0.2) is 77.4 Å². The molecule has 0 heterocycles. The maximum absolute atomic E-state index is 4.96. The predicted molar refractivity (Wildman–Crippen MR) is 65.4 cm³/mol. The molecule has 1 N–H and O–H groups in total. The Morgan fingerprint density at radius 1 is 1.00 bits per heavy atom. The molecular weight excluding hydrogens is 190 g/mol. The third kappa shape index (κ3) is 11.8. The fourth-order valence-electron chi connectivity index (χ4n) is 1.26. The molecule has 15 heavy (non-hydrogen) atoms. The van der Waals surface area contributed by atoms with Crippen molar-refractivity contribution in [1.29, 1.82) is 0 Å². The normalized spacial score (nSPS) is 11.6. The van der Waals surface area contributed by atoms with E-state index in [0.717, 1.165) is 39.3 Å². The number of hydrogen-bond acceptors (Lipinski definition) is 4. The molecule has 0 aliphatic rings. The van der Waals surface area contributed by atoms with Gasteiger partial charge in [0.05, 0.1) is 6.61 Å². The van der Waals surface area contributed by atoms with E-state index in [9.17, 15) is 0 Å². The van der Waals surface area contributed by atoms with Crippen LogP contribution in [0.15, 0.2) is 0 Å². The van der Waals surface area contributed by atoms with Crippen LogP contribution in [-0.2, 0) is 4.74 Å². The fourth-order valence-corrected chi connectivity index (χ4v) is 1.26. The van der Waals surface area contributed by atoms with Gasteiger partial charge >= 0.3 is 0 Å². The van der Waals surface area contributed by atoms with Gasteiger partial charge in [0.25, 0.3) is 0 Å². The number of methoxy groups -OCH3 is 1. The van der Waals surface area contributed by atoms with E-state index in [-0.39, 0.29) is 0 Å². The van der Waals surface area contributed by atoms with Crippen molar-refractivity contribution < 1.29 is 4.74 Å². The van der Waals surface area contributed by atoms with Gasteiger partial charge in [-0.05, 0) is 40.7 Å². The highest BCUT2D eigenvalue weighted by molar-refractivity contribution is 4.56. The summed E-state index contributed by atoms with van der Waals surface area (Å²) in [5.74, 6) is 0. The lowest BCUT2D eigenvalue weighted by molar-refractivity contribution is 0.198. The lowest BCUT2D eigenvalue weighted by Gasteiger charge is -2.19. The summed E-state index contributed by atoms with van der Waals surface area (Å²) in [4.78, 5) is 4.59. The summed E-state index contributed by atoms with van der Waals surface area (Å²) < 4.78 is 4.96. The summed E-state index contributed by atoms with van der Waals surface area (Å²) in [7, 11) is 8.13. The monoisotopic (exact) mass is 217 g/mol. The zero-order chi connectivity index (χ0) is 11.5. The second kappa shape index (κ2) is 10.4. The quantitative estimate of drug-likeness (QED) is 0.526. The van der Waals surface area contributed by atoms with Crippen LogP contribution in [0.4, 0.5) is 0 Å². The first-order valence-corrected chi connectivity index (χ1v) is 5.69. The first-order chi connectivity index (χ1) is 7.16. The summed E-state index contributed by atoms with van der Waals surface area (Å²) in [6.45, 7) is 6.27. The van der Waals surface area contributed by atoms with Gasteiger partial charge in [-0.1, -0.05) is 0 Å². The predicted octanol–water partition coefficient (Wildman–Crippen LogP) is 0.106. The number of nitrogens with one attached hydrogen (secondary N) is 1. The smallest absolute Gasteiger partial charge is 0.0587 e. The fraction of sp³-hybridized carbons (Fsp3) is 1.00. The number of nitrogens with zero attached hydrogens (tertiary/aromatic N) is 2. The average Bonchev–Trinajstić information content (AvgIpc) is 2.20. The summed E-state index contributed by atoms with van der Waals surface area (Å²) in [5, 5.41) is 3.34. The van der Waals surface area contributed by atoms with Crippen LogP contribution < -0.4 is 5.32 Å². The average molecular weight is 217 g/mol. The van der Waals surface area contributed by atoms with Gasteiger partial charge in [0.2, 0.25) is 0 Å². The van der Waals surface area contributed by atoms with E-state index in [0.29, 0.717) is 0 Å². The van der Waals surface area contributed by atoms with Crippen molar-refractivity contribution in [3.8, 4) is 0 Å². The van der Waals surface area contributed by atoms with Gasteiger partial charge in [-0.2, -0.15) is 0 Å². The van der Waals surface area contributed by atoms with Crippen LogP contribution in [0.5, 0.6) is 0 Å². The molecular formula is C11H27N3O. The molecule has 0 radical (unpaired) electrons. The molecule has 0 unspecified atom stereocenters. The van der Waals surface area contributed by atoms with Crippen LogP contribution in [0.25, 0.3) is 0 Å². The van der Waals surface area contributed by atoms with Gasteiger partial charge in [-0.25, -0.2) is 0 Å². The molecule has 0 bridgehead atoms. The highest BCUT2D eigenvalue weighted by atomic mass is 16.5. The van der Waals surface area contributed by atoms with Gasteiger partial charge < -0.3 is 19.9 Å². The van der Waals surface area contributed by atoms with Crippen LogP contribution in [0.2, 0.25) is 0 Å². The van der Waals surface area contributed by atoms with Crippen molar-refractivity contribution in [2.75, 3.05) is 67.6 Å². The summed E-state index contributed by atoms with van der Waals surface area (Å²) in [5.41, 5.74) is 0. The topological polar surface area (TPSA) is 27.7 Å². The summed E-state index contributed by atoms with van der Waals surface area (Å²) in [6.07, 6.45) is 1.20. The highest BCUT2D eigenvalue weighted by Gasteiger charge is 1.98. The molecule has 0 spiro atoms. The Bertz CT molecular complexity index is 131. The van der Waals surface area contributed by atoms with E-state index < -0.39 is 0 Å². The molecule has 0 aliphatic heterocycles. The molecule has 0 saturated heterocycles. The van der Waals surface area contributed by atoms with Crippen molar-refractivity contribution >= 4 is 0 Å². The second-order valence-electron chi connectivity index (χ2n) is 4.20. The third-order valence-corrected chi connectivity index (χ3v) is 2.31. The number of rotatable bonds is 10. The van der Waals surface area contributed by atoms with Crippen LogP contribution >= 0.6 is 0 Å². The minimum Gasteiger partial charge on any atom is -0.383 e. The van der Waals surface area contributed by atoms with Gasteiger partial charge in [0, 0.05) is 26.7 Å². The second-order valence-corrected chi connectivity index (χ2v) is 4.20. The Balaban J connectivity index is 3.13. The standard InChI is InChI=1S/C11H27N3O/c1-13(2)9-10-14(3)8-5-6-12-7-11-15-4/h12H,5-11H2,1-4H3. The summed E-state index contributed by atoms with van der Waals surface area (Å²) >= 11 is 0. The van der Waals surface area contributed by atoms with Crippen molar-refractivity contribution in [1.82, 2.24) is 15.1 Å². The molecule has 0 aromatic heterocycles. The van der Waals surface area contributed by atoms with E-state index in [4.69, 9.17) is 4.74 Å². The molecule has 92 valence electrons.